The topological polar surface area (TPSA) is 40.5 Å². The molecule has 2 aromatic rings. The molecule has 0 bridgehead atoms. The third kappa shape index (κ3) is 3.49. The van der Waals surface area contributed by atoms with E-state index in [9.17, 15) is 4.79 Å². The predicted octanol–water partition coefficient (Wildman–Crippen LogP) is 4.03. The van der Waals surface area contributed by atoms with E-state index in [1.54, 1.807) is 12.1 Å². The zero-order chi connectivity index (χ0) is 15.5. The number of hydrogen-bond acceptors (Lipinski definition) is 2. The number of nitrogens with zero attached hydrogens (tertiary/aromatic N) is 1. The van der Waals surface area contributed by atoms with Crippen LogP contribution < -0.4 is 0 Å². The molecule has 1 N–H and O–H groups in total. The number of carbonyl (C=O) groups is 1. The number of carboxylic acids is 1. The SMILES string of the molecule is O=C(O)c1cccc(CN2CCC(c3ccc(Cl)cc3)C2)c1. The summed E-state index contributed by atoms with van der Waals surface area (Å²) in [5.41, 5.74) is 2.73. The van der Waals surface area contributed by atoms with E-state index < -0.39 is 5.97 Å². The summed E-state index contributed by atoms with van der Waals surface area (Å²) < 4.78 is 0. The lowest BCUT2D eigenvalue weighted by atomic mass is 9.99. The molecule has 0 aliphatic carbocycles. The standard InChI is InChI=1S/C18H18ClNO2/c19-17-6-4-14(5-7-17)16-8-9-20(12-16)11-13-2-1-3-15(10-13)18(21)22/h1-7,10,16H,8-9,11-12H2,(H,21,22). The summed E-state index contributed by atoms with van der Waals surface area (Å²) in [5.74, 6) is -0.345. The normalized spacial score (nSPS) is 18.5. The second-order valence-corrected chi connectivity index (χ2v) is 6.21. The van der Waals surface area contributed by atoms with E-state index >= 15 is 0 Å². The molecule has 1 saturated heterocycles. The zero-order valence-corrected chi connectivity index (χ0v) is 13.0. The third-order valence-electron chi connectivity index (χ3n) is 4.19. The van der Waals surface area contributed by atoms with Crippen LogP contribution >= 0.6 is 11.6 Å². The number of likely N-dealkylation sites (tertiary alicyclic amines) is 1. The minimum Gasteiger partial charge on any atom is -0.478 e. The summed E-state index contributed by atoms with van der Waals surface area (Å²) in [7, 11) is 0. The van der Waals surface area contributed by atoms with Gasteiger partial charge in [-0.1, -0.05) is 35.9 Å². The van der Waals surface area contributed by atoms with Crippen LogP contribution in [0.15, 0.2) is 48.5 Å². The molecule has 1 heterocycles. The van der Waals surface area contributed by atoms with Gasteiger partial charge in [0.1, 0.15) is 0 Å². The first kappa shape index (κ1) is 15.1. The minimum atomic E-state index is -0.873. The quantitative estimate of drug-likeness (QED) is 0.926. The van der Waals surface area contributed by atoms with Crippen LogP contribution in [-0.4, -0.2) is 29.1 Å². The first-order valence-corrected chi connectivity index (χ1v) is 7.79. The molecular weight excluding hydrogens is 298 g/mol. The van der Waals surface area contributed by atoms with Crippen LogP contribution in [0.25, 0.3) is 0 Å². The van der Waals surface area contributed by atoms with Crippen molar-refractivity contribution < 1.29 is 9.90 Å². The molecule has 1 aliphatic rings. The van der Waals surface area contributed by atoms with Crippen LogP contribution in [0.1, 0.15) is 33.8 Å². The van der Waals surface area contributed by atoms with E-state index in [4.69, 9.17) is 16.7 Å². The smallest absolute Gasteiger partial charge is 0.335 e. The Kier molecular flexibility index (Phi) is 4.46. The van der Waals surface area contributed by atoms with Gasteiger partial charge < -0.3 is 5.11 Å². The van der Waals surface area contributed by atoms with Gasteiger partial charge in [0.05, 0.1) is 5.56 Å². The van der Waals surface area contributed by atoms with Crippen molar-refractivity contribution in [1.29, 1.82) is 0 Å². The second kappa shape index (κ2) is 6.51. The van der Waals surface area contributed by atoms with E-state index in [1.807, 2.05) is 24.3 Å². The van der Waals surface area contributed by atoms with Gasteiger partial charge in [0.25, 0.3) is 0 Å². The molecule has 0 amide bonds. The van der Waals surface area contributed by atoms with Crippen molar-refractivity contribution in [2.24, 2.45) is 0 Å². The fourth-order valence-corrected chi connectivity index (χ4v) is 3.17. The summed E-state index contributed by atoms with van der Waals surface area (Å²) in [6, 6.07) is 15.3. The molecule has 0 radical (unpaired) electrons. The number of halogens is 1. The lowest BCUT2D eigenvalue weighted by molar-refractivity contribution is 0.0696. The fraction of sp³-hybridized carbons (Fsp3) is 0.278. The minimum absolute atomic E-state index is 0.353. The van der Waals surface area contributed by atoms with Crippen molar-refractivity contribution in [2.45, 2.75) is 18.9 Å². The zero-order valence-electron chi connectivity index (χ0n) is 12.2. The Hall–Kier alpha value is -1.84. The maximum absolute atomic E-state index is 11.0. The Bertz CT molecular complexity index is 669. The van der Waals surface area contributed by atoms with Gasteiger partial charge >= 0.3 is 5.97 Å². The fourth-order valence-electron chi connectivity index (χ4n) is 3.04. The largest absolute Gasteiger partial charge is 0.478 e. The van der Waals surface area contributed by atoms with Crippen molar-refractivity contribution in [3.05, 3.63) is 70.2 Å². The molecule has 1 fully saturated rings. The Morgan fingerprint density at radius 2 is 2.00 bits per heavy atom. The third-order valence-corrected chi connectivity index (χ3v) is 4.45. The van der Waals surface area contributed by atoms with Crippen molar-refractivity contribution in [3.8, 4) is 0 Å². The average Bonchev–Trinajstić information content (AvgIpc) is 2.96. The lowest BCUT2D eigenvalue weighted by Crippen LogP contribution is -2.20. The number of rotatable bonds is 4. The highest BCUT2D eigenvalue weighted by atomic mass is 35.5. The molecule has 3 rings (SSSR count). The molecule has 4 heteroatoms. The number of hydrogen-bond donors (Lipinski definition) is 1. The summed E-state index contributed by atoms with van der Waals surface area (Å²) >= 11 is 5.94. The number of benzene rings is 2. The molecule has 0 saturated carbocycles. The van der Waals surface area contributed by atoms with Crippen LogP contribution in [0.3, 0.4) is 0 Å². The van der Waals surface area contributed by atoms with E-state index in [2.05, 4.69) is 17.0 Å². The predicted molar refractivity (Wildman–Crippen MR) is 87.5 cm³/mol. The van der Waals surface area contributed by atoms with Gasteiger partial charge in [-0.15, -0.1) is 0 Å². The van der Waals surface area contributed by atoms with Gasteiger partial charge in [0.2, 0.25) is 0 Å². The Labute approximate surface area is 135 Å². The van der Waals surface area contributed by atoms with E-state index in [0.29, 0.717) is 11.5 Å². The molecule has 114 valence electrons. The van der Waals surface area contributed by atoms with Gasteiger partial charge in [-0.05, 0) is 54.3 Å². The van der Waals surface area contributed by atoms with Crippen LogP contribution in [0.5, 0.6) is 0 Å². The maximum Gasteiger partial charge on any atom is 0.335 e. The summed E-state index contributed by atoms with van der Waals surface area (Å²) in [5, 5.41) is 9.83. The number of carboxylic acid groups (broad SMARTS) is 1. The average molecular weight is 316 g/mol. The maximum atomic E-state index is 11.0. The molecule has 1 atom stereocenters. The Balaban J connectivity index is 1.64. The molecule has 1 unspecified atom stereocenters. The van der Waals surface area contributed by atoms with E-state index in [1.165, 1.54) is 5.56 Å². The highest BCUT2D eigenvalue weighted by molar-refractivity contribution is 6.30. The van der Waals surface area contributed by atoms with E-state index in [-0.39, 0.29) is 0 Å². The lowest BCUT2D eigenvalue weighted by Gasteiger charge is -2.16. The molecule has 22 heavy (non-hydrogen) atoms. The van der Waals surface area contributed by atoms with Crippen molar-refractivity contribution >= 4 is 17.6 Å². The highest BCUT2D eigenvalue weighted by Gasteiger charge is 2.23. The van der Waals surface area contributed by atoms with Crippen LogP contribution in [0, 0.1) is 0 Å². The molecule has 1 aliphatic heterocycles. The molecule has 2 aromatic carbocycles. The monoisotopic (exact) mass is 315 g/mol. The Morgan fingerprint density at radius 1 is 1.23 bits per heavy atom. The van der Waals surface area contributed by atoms with Crippen LogP contribution in [0.4, 0.5) is 0 Å². The number of aromatic carboxylic acids is 1. The second-order valence-electron chi connectivity index (χ2n) is 5.78. The first-order valence-electron chi connectivity index (χ1n) is 7.42. The van der Waals surface area contributed by atoms with Crippen molar-refractivity contribution in [1.82, 2.24) is 4.90 Å². The van der Waals surface area contributed by atoms with Gasteiger partial charge in [0.15, 0.2) is 0 Å². The summed E-state index contributed by atoms with van der Waals surface area (Å²) in [6.45, 7) is 2.83. The van der Waals surface area contributed by atoms with Gasteiger partial charge in [-0.2, -0.15) is 0 Å². The Morgan fingerprint density at radius 3 is 2.73 bits per heavy atom. The van der Waals surface area contributed by atoms with Gasteiger partial charge in [-0.25, -0.2) is 4.79 Å². The van der Waals surface area contributed by atoms with Gasteiger partial charge in [-0.3, -0.25) is 4.90 Å². The first-order chi connectivity index (χ1) is 10.6. The molecular formula is C18H18ClNO2. The molecule has 0 aromatic heterocycles. The van der Waals surface area contributed by atoms with Crippen LogP contribution in [0.2, 0.25) is 5.02 Å². The van der Waals surface area contributed by atoms with Crippen molar-refractivity contribution in [3.63, 3.8) is 0 Å². The van der Waals surface area contributed by atoms with Gasteiger partial charge in [0, 0.05) is 18.1 Å². The van der Waals surface area contributed by atoms with Crippen LogP contribution in [-0.2, 0) is 6.54 Å². The highest BCUT2D eigenvalue weighted by Crippen LogP contribution is 2.29. The molecule has 0 spiro atoms. The summed E-state index contributed by atoms with van der Waals surface area (Å²) in [6.07, 6.45) is 1.13. The van der Waals surface area contributed by atoms with Crippen molar-refractivity contribution in [2.75, 3.05) is 13.1 Å². The van der Waals surface area contributed by atoms with E-state index in [0.717, 1.165) is 36.6 Å². The molecule has 3 nitrogen and oxygen atoms in total. The summed E-state index contributed by atoms with van der Waals surface area (Å²) in [4.78, 5) is 13.4.